The molecule has 1 nitrogen and oxygen atoms in total. The van der Waals surface area contributed by atoms with E-state index in [4.69, 9.17) is 5.73 Å². The molecule has 0 amide bonds. The summed E-state index contributed by atoms with van der Waals surface area (Å²) >= 11 is 1.81. The highest BCUT2D eigenvalue weighted by molar-refractivity contribution is 7.99. The van der Waals surface area contributed by atoms with E-state index in [1.807, 2.05) is 17.8 Å². The summed E-state index contributed by atoms with van der Waals surface area (Å²) in [6.45, 7) is 2.13. The zero-order valence-corrected chi connectivity index (χ0v) is 11.4. The van der Waals surface area contributed by atoms with Crippen molar-refractivity contribution in [3.05, 3.63) is 53.1 Å². The first-order chi connectivity index (χ1) is 8.72. The summed E-state index contributed by atoms with van der Waals surface area (Å²) in [5.74, 6) is 0. The van der Waals surface area contributed by atoms with Gasteiger partial charge in [0.05, 0.1) is 0 Å². The number of hydrogen-bond acceptors (Lipinski definition) is 2. The van der Waals surface area contributed by atoms with Gasteiger partial charge in [-0.05, 0) is 67.1 Å². The second kappa shape index (κ2) is 4.69. The third-order valence-corrected chi connectivity index (χ3v) is 4.66. The van der Waals surface area contributed by atoms with Crippen molar-refractivity contribution in [2.45, 2.75) is 36.0 Å². The Labute approximate surface area is 112 Å². The molecular formula is C16H17NS. The number of nitrogens with two attached hydrogens (primary N) is 1. The van der Waals surface area contributed by atoms with Gasteiger partial charge < -0.3 is 5.73 Å². The molecule has 1 aliphatic rings. The van der Waals surface area contributed by atoms with Crippen LogP contribution in [0.25, 0.3) is 0 Å². The largest absolute Gasteiger partial charge is 0.399 e. The fourth-order valence-electron chi connectivity index (χ4n) is 2.47. The highest BCUT2D eigenvalue weighted by Crippen LogP contribution is 2.34. The topological polar surface area (TPSA) is 26.0 Å². The molecule has 2 aromatic carbocycles. The molecule has 18 heavy (non-hydrogen) atoms. The van der Waals surface area contributed by atoms with E-state index in [2.05, 4.69) is 37.3 Å². The van der Waals surface area contributed by atoms with Crippen molar-refractivity contribution in [2.75, 3.05) is 5.73 Å². The highest BCUT2D eigenvalue weighted by Gasteiger charge is 2.11. The van der Waals surface area contributed by atoms with Crippen molar-refractivity contribution < 1.29 is 0 Å². The van der Waals surface area contributed by atoms with Crippen molar-refractivity contribution in [3.8, 4) is 0 Å². The molecule has 0 spiro atoms. The van der Waals surface area contributed by atoms with E-state index in [1.165, 1.54) is 45.7 Å². The van der Waals surface area contributed by atoms with E-state index in [1.54, 1.807) is 0 Å². The number of rotatable bonds is 2. The van der Waals surface area contributed by atoms with Crippen molar-refractivity contribution in [1.29, 1.82) is 0 Å². The fraction of sp³-hybridized carbons (Fsp3) is 0.250. The molecule has 0 radical (unpaired) electrons. The van der Waals surface area contributed by atoms with Crippen LogP contribution >= 0.6 is 11.8 Å². The Morgan fingerprint density at radius 1 is 1.00 bits per heavy atom. The van der Waals surface area contributed by atoms with Crippen molar-refractivity contribution >= 4 is 17.4 Å². The minimum Gasteiger partial charge on any atom is -0.399 e. The van der Waals surface area contributed by atoms with Gasteiger partial charge >= 0.3 is 0 Å². The first-order valence-corrected chi connectivity index (χ1v) is 7.20. The Balaban J connectivity index is 1.90. The van der Waals surface area contributed by atoms with Gasteiger partial charge in [0.2, 0.25) is 0 Å². The summed E-state index contributed by atoms with van der Waals surface area (Å²) in [6.07, 6.45) is 3.79. The smallest absolute Gasteiger partial charge is 0.0325 e. The van der Waals surface area contributed by atoms with Crippen LogP contribution in [0.2, 0.25) is 0 Å². The summed E-state index contributed by atoms with van der Waals surface area (Å²) in [4.78, 5) is 2.58. The molecule has 92 valence electrons. The average molecular weight is 255 g/mol. The lowest BCUT2D eigenvalue weighted by Crippen LogP contribution is -1.88. The van der Waals surface area contributed by atoms with Crippen LogP contribution in [-0.2, 0) is 12.8 Å². The van der Waals surface area contributed by atoms with Crippen LogP contribution in [0.4, 0.5) is 5.69 Å². The maximum atomic E-state index is 5.86. The average Bonchev–Trinajstić information content (AvgIpc) is 2.81. The summed E-state index contributed by atoms with van der Waals surface area (Å²) < 4.78 is 0. The molecule has 0 aromatic heterocycles. The molecule has 0 fully saturated rings. The molecule has 0 saturated carbocycles. The lowest BCUT2D eigenvalue weighted by Gasteiger charge is -2.08. The van der Waals surface area contributed by atoms with Crippen LogP contribution in [0.1, 0.15) is 23.1 Å². The zero-order chi connectivity index (χ0) is 12.5. The van der Waals surface area contributed by atoms with Crippen molar-refractivity contribution in [1.82, 2.24) is 0 Å². The van der Waals surface area contributed by atoms with E-state index < -0.39 is 0 Å². The monoisotopic (exact) mass is 255 g/mol. The van der Waals surface area contributed by atoms with E-state index in [9.17, 15) is 0 Å². The predicted octanol–water partition coefficient (Wildman–Crippen LogP) is 4.22. The van der Waals surface area contributed by atoms with Crippen LogP contribution in [0, 0.1) is 6.92 Å². The summed E-state index contributed by atoms with van der Waals surface area (Å²) in [5.41, 5.74) is 11.0. The molecule has 0 bridgehead atoms. The van der Waals surface area contributed by atoms with Gasteiger partial charge in [0.15, 0.2) is 0 Å². The third kappa shape index (κ3) is 2.25. The maximum Gasteiger partial charge on any atom is 0.0325 e. The molecule has 3 rings (SSSR count). The number of nitrogen functional groups attached to an aromatic ring is 1. The maximum absolute atomic E-state index is 5.86. The Morgan fingerprint density at radius 3 is 2.72 bits per heavy atom. The van der Waals surface area contributed by atoms with E-state index in [-0.39, 0.29) is 0 Å². The number of aryl methyl sites for hydroxylation is 3. The highest BCUT2D eigenvalue weighted by atomic mass is 32.2. The predicted molar refractivity (Wildman–Crippen MR) is 78.2 cm³/mol. The van der Waals surface area contributed by atoms with Crippen molar-refractivity contribution in [3.63, 3.8) is 0 Å². The molecule has 2 heteroatoms. The summed E-state index contributed by atoms with van der Waals surface area (Å²) in [7, 11) is 0. The van der Waals surface area contributed by atoms with Crippen molar-refractivity contribution in [2.24, 2.45) is 0 Å². The number of hydrogen-bond donors (Lipinski definition) is 1. The van der Waals surface area contributed by atoms with Crippen LogP contribution in [0.5, 0.6) is 0 Å². The van der Waals surface area contributed by atoms with Gasteiger partial charge in [0.1, 0.15) is 0 Å². The van der Waals surface area contributed by atoms with Crippen LogP contribution in [0.15, 0.2) is 46.2 Å². The molecule has 2 aromatic rings. The summed E-state index contributed by atoms with van der Waals surface area (Å²) in [5, 5.41) is 0. The zero-order valence-electron chi connectivity index (χ0n) is 10.6. The van der Waals surface area contributed by atoms with Crippen LogP contribution in [0.3, 0.4) is 0 Å². The van der Waals surface area contributed by atoms with E-state index in [0.717, 1.165) is 5.69 Å². The first kappa shape index (κ1) is 11.7. The van der Waals surface area contributed by atoms with Gasteiger partial charge in [0.25, 0.3) is 0 Å². The van der Waals surface area contributed by atoms with E-state index in [0.29, 0.717) is 0 Å². The molecule has 0 unspecified atom stereocenters. The van der Waals surface area contributed by atoms with Gasteiger partial charge in [-0.2, -0.15) is 0 Å². The van der Waals surface area contributed by atoms with Gasteiger partial charge in [-0.15, -0.1) is 0 Å². The Kier molecular flexibility index (Phi) is 3.04. The lowest BCUT2D eigenvalue weighted by molar-refractivity contribution is 0.911. The van der Waals surface area contributed by atoms with Crippen LogP contribution < -0.4 is 5.73 Å². The normalized spacial score (nSPS) is 13.6. The Morgan fingerprint density at radius 2 is 1.83 bits per heavy atom. The molecule has 0 aliphatic heterocycles. The first-order valence-electron chi connectivity index (χ1n) is 6.38. The molecule has 0 atom stereocenters. The van der Waals surface area contributed by atoms with Gasteiger partial charge in [0, 0.05) is 15.5 Å². The Hall–Kier alpha value is -1.41. The van der Waals surface area contributed by atoms with Gasteiger partial charge in [-0.3, -0.25) is 0 Å². The number of anilines is 1. The standard InChI is InChI=1S/C16H17NS/c1-11-5-7-14(17)10-16(11)18-15-8-6-12-3-2-4-13(12)9-15/h5-10H,2-4,17H2,1H3. The minimum absolute atomic E-state index is 0.837. The molecule has 2 N–H and O–H groups in total. The second-order valence-electron chi connectivity index (χ2n) is 4.91. The fourth-order valence-corrected chi connectivity index (χ4v) is 3.48. The molecular weight excluding hydrogens is 238 g/mol. The minimum atomic E-state index is 0.837. The van der Waals surface area contributed by atoms with E-state index >= 15 is 0 Å². The number of fused-ring (bicyclic) bond motifs is 1. The molecule has 0 saturated heterocycles. The van der Waals surface area contributed by atoms with Crippen LogP contribution in [-0.4, -0.2) is 0 Å². The third-order valence-electron chi connectivity index (χ3n) is 3.51. The number of benzene rings is 2. The lowest BCUT2D eigenvalue weighted by atomic mass is 10.1. The summed E-state index contributed by atoms with van der Waals surface area (Å²) in [6, 6.07) is 13.0. The van der Waals surface area contributed by atoms with Gasteiger partial charge in [-0.1, -0.05) is 23.9 Å². The Bertz CT molecular complexity index is 590. The molecule has 1 aliphatic carbocycles. The van der Waals surface area contributed by atoms with Gasteiger partial charge in [-0.25, -0.2) is 0 Å². The molecule has 0 heterocycles. The quantitative estimate of drug-likeness (QED) is 0.813. The second-order valence-corrected chi connectivity index (χ2v) is 6.03. The SMILES string of the molecule is Cc1ccc(N)cc1Sc1ccc2c(c1)CCC2.